The van der Waals surface area contributed by atoms with Gasteiger partial charge in [-0.2, -0.15) is 5.10 Å². The molecule has 5 heteroatoms. The average molecular weight is 143 g/mol. The van der Waals surface area contributed by atoms with Gasteiger partial charge in [0.15, 0.2) is 5.82 Å². The maximum Gasteiger partial charge on any atom is 0.343 e. The van der Waals surface area contributed by atoms with Crippen LogP contribution in [0.25, 0.3) is 0 Å². The topological polar surface area (TPSA) is 70.9 Å². The number of rotatable bonds is 2. The van der Waals surface area contributed by atoms with Crippen LogP contribution in [-0.2, 0) is 13.2 Å². The SMILES string of the molecule is CCn1c(CO)n[nH]c1=O. The zero-order valence-corrected chi connectivity index (χ0v) is 5.66. The standard InChI is InChI=1S/C5H9N3O2/c1-2-8-4(3-9)6-7-5(8)10/h9H,2-3H2,1H3,(H,7,10). The van der Waals surface area contributed by atoms with E-state index >= 15 is 0 Å². The molecule has 0 spiro atoms. The Labute approximate surface area is 57.3 Å². The number of aliphatic hydroxyl groups is 1. The third kappa shape index (κ3) is 0.950. The molecule has 10 heavy (non-hydrogen) atoms. The van der Waals surface area contributed by atoms with E-state index in [2.05, 4.69) is 10.2 Å². The largest absolute Gasteiger partial charge is 0.388 e. The first-order valence-corrected chi connectivity index (χ1v) is 3.04. The molecule has 0 saturated carbocycles. The number of nitrogens with one attached hydrogen (secondary N) is 1. The Morgan fingerprint density at radius 3 is 2.90 bits per heavy atom. The lowest BCUT2D eigenvalue weighted by Crippen LogP contribution is -2.17. The summed E-state index contributed by atoms with van der Waals surface area (Å²) in [5.74, 6) is 0.382. The normalized spacial score (nSPS) is 10.2. The van der Waals surface area contributed by atoms with Crippen LogP contribution in [0.15, 0.2) is 4.79 Å². The van der Waals surface area contributed by atoms with Crippen molar-refractivity contribution in [2.45, 2.75) is 20.1 Å². The van der Waals surface area contributed by atoms with Crippen LogP contribution in [-0.4, -0.2) is 19.9 Å². The molecule has 0 aliphatic rings. The summed E-state index contributed by atoms with van der Waals surface area (Å²) in [6, 6.07) is 0. The highest BCUT2D eigenvalue weighted by atomic mass is 16.3. The van der Waals surface area contributed by atoms with E-state index in [1.165, 1.54) is 4.57 Å². The molecule has 0 amide bonds. The Balaban J connectivity index is 3.13. The number of hydrogen-bond donors (Lipinski definition) is 2. The van der Waals surface area contributed by atoms with Gasteiger partial charge >= 0.3 is 5.69 Å². The zero-order chi connectivity index (χ0) is 7.56. The number of H-pyrrole nitrogens is 1. The van der Waals surface area contributed by atoms with E-state index in [4.69, 9.17) is 5.11 Å². The monoisotopic (exact) mass is 143 g/mol. The predicted molar refractivity (Wildman–Crippen MR) is 34.4 cm³/mol. The molecule has 0 unspecified atom stereocenters. The van der Waals surface area contributed by atoms with Crippen LogP contribution in [0.2, 0.25) is 0 Å². The molecule has 5 nitrogen and oxygen atoms in total. The van der Waals surface area contributed by atoms with E-state index in [0.717, 1.165) is 0 Å². The van der Waals surface area contributed by atoms with Gasteiger partial charge in [0.1, 0.15) is 6.61 Å². The second-order valence-corrected chi connectivity index (χ2v) is 1.85. The van der Waals surface area contributed by atoms with Gasteiger partial charge in [-0.25, -0.2) is 9.89 Å². The third-order valence-corrected chi connectivity index (χ3v) is 1.29. The Morgan fingerprint density at radius 1 is 1.80 bits per heavy atom. The molecule has 0 fully saturated rings. The second-order valence-electron chi connectivity index (χ2n) is 1.85. The van der Waals surface area contributed by atoms with Gasteiger partial charge in [-0.1, -0.05) is 0 Å². The van der Waals surface area contributed by atoms with Gasteiger partial charge in [-0.3, -0.25) is 4.57 Å². The lowest BCUT2D eigenvalue weighted by Gasteiger charge is -1.95. The molecule has 0 bridgehead atoms. The summed E-state index contributed by atoms with van der Waals surface area (Å²) in [4.78, 5) is 10.8. The number of nitrogens with zero attached hydrogens (tertiary/aromatic N) is 2. The van der Waals surface area contributed by atoms with Crippen LogP contribution in [0.4, 0.5) is 0 Å². The molecule has 0 aliphatic carbocycles. The van der Waals surface area contributed by atoms with Crippen molar-refractivity contribution in [1.82, 2.24) is 14.8 Å². The van der Waals surface area contributed by atoms with Crippen molar-refractivity contribution in [2.75, 3.05) is 0 Å². The highest BCUT2D eigenvalue weighted by Gasteiger charge is 2.02. The van der Waals surface area contributed by atoms with Gasteiger partial charge in [0.2, 0.25) is 0 Å². The quantitative estimate of drug-likeness (QED) is 0.562. The Hall–Kier alpha value is -1.10. The highest BCUT2D eigenvalue weighted by molar-refractivity contribution is 4.82. The maximum absolute atomic E-state index is 10.8. The molecule has 1 heterocycles. The van der Waals surface area contributed by atoms with Crippen molar-refractivity contribution in [3.05, 3.63) is 16.3 Å². The Morgan fingerprint density at radius 2 is 2.50 bits per heavy atom. The van der Waals surface area contributed by atoms with Crippen molar-refractivity contribution in [1.29, 1.82) is 0 Å². The Kier molecular flexibility index (Phi) is 1.86. The summed E-state index contributed by atoms with van der Waals surface area (Å²) in [6.45, 7) is 2.15. The first-order valence-electron chi connectivity index (χ1n) is 3.04. The summed E-state index contributed by atoms with van der Waals surface area (Å²) in [5.41, 5.74) is -0.272. The van der Waals surface area contributed by atoms with Gasteiger partial charge in [-0.15, -0.1) is 0 Å². The molecule has 1 aromatic rings. The van der Waals surface area contributed by atoms with E-state index in [-0.39, 0.29) is 12.3 Å². The Bertz CT molecular complexity index is 262. The van der Waals surface area contributed by atoms with E-state index in [0.29, 0.717) is 12.4 Å². The zero-order valence-electron chi connectivity index (χ0n) is 5.66. The average Bonchev–Trinajstić information content (AvgIpc) is 2.30. The first-order chi connectivity index (χ1) is 4.79. The van der Waals surface area contributed by atoms with E-state index in [1.54, 1.807) is 0 Å². The molecule has 0 radical (unpaired) electrons. The molecular weight excluding hydrogens is 134 g/mol. The molecule has 1 aromatic heterocycles. The fourth-order valence-corrected chi connectivity index (χ4v) is 0.797. The predicted octanol–water partition coefficient (Wildman–Crippen LogP) is -0.916. The van der Waals surface area contributed by atoms with Gasteiger partial charge in [-0.05, 0) is 6.92 Å². The van der Waals surface area contributed by atoms with Crippen LogP contribution in [0.1, 0.15) is 12.7 Å². The van der Waals surface area contributed by atoms with Crippen molar-refractivity contribution >= 4 is 0 Å². The minimum Gasteiger partial charge on any atom is -0.388 e. The highest BCUT2D eigenvalue weighted by Crippen LogP contribution is 1.87. The number of aromatic amines is 1. The maximum atomic E-state index is 10.8. The van der Waals surface area contributed by atoms with Gasteiger partial charge < -0.3 is 5.11 Å². The van der Waals surface area contributed by atoms with Gasteiger partial charge in [0, 0.05) is 6.54 Å². The third-order valence-electron chi connectivity index (χ3n) is 1.29. The summed E-state index contributed by atoms with van der Waals surface area (Å²) in [7, 11) is 0. The second kappa shape index (κ2) is 2.66. The van der Waals surface area contributed by atoms with Crippen LogP contribution >= 0.6 is 0 Å². The molecule has 0 atom stereocenters. The van der Waals surface area contributed by atoms with Gasteiger partial charge in [0.25, 0.3) is 0 Å². The summed E-state index contributed by atoms with van der Waals surface area (Å²) in [5, 5.41) is 14.4. The molecule has 2 N–H and O–H groups in total. The molecule has 56 valence electrons. The molecule has 0 aromatic carbocycles. The van der Waals surface area contributed by atoms with Crippen molar-refractivity contribution in [3.8, 4) is 0 Å². The molecule has 0 saturated heterocycles. The summed E-state index contributed by atoms with van der Waals surface area (Å²) in [6.07, 6.45) is 0. The van der Waals surface area contributed by atoms with Crippen molar-refractivity contribution < 1.29 is 5.11 Å². The lowest BCUT2D eigenvalue weighted by atomic mass is 10.6. The van der Waals surface area contributed by atoms with Crippen molar-refractivity contribution in [3.63, 3.8) is 0 Å². The van der Waals surface area contributed by atoms with Crippen molar-refractivity contribution in [2.24, 2.45) is 0 Å². The van der Waals surface area contributed by atoms with E-state index in [1.807, 2.05) is 6.92 Å². The number of hydrogen-bond acceptors (Lipinski definition) is 3. The molecule has 1 rings (SSSR count). The number of aliphatic hydroxyl groups excluding tert-OH is 1. The number of aromatic nitrogens is 3. The molecule has 0 aliphatic heterocycles. The van der Waals surface area contributed by atoms with E-state index in [9.17, 15) is 4.79 Å². The van der Waals surface area contributed by atoms with Crippen LogP contribution in [0.5, 0.6) is 0 Å². The molecular formula is C5H9N3O2. The van der Waals surface area contributed by atoms with E-state index < -0.39 is 0 Å². The minimum absolute atomic E-state index is 0.202. The first kappa shape index (κ1) is 7.01. The fourth-order valence-electron chi connectivity index (χ4n) is 0.797. The lowest BCUT2D eigenvalue weighted by molar-refractivity contribution is 0.264. The van der Waals surface area contributed by atoms with Crippen LogP contribution < -0.4 is 5.69 Å². The smallest absolute Gasteiger partial charge is 0.343 e. The fraction of sp³-hybridized carbons (Fsp3) is 0.600. The van der Waals surface area contributed by atoms with Gasteiger partial charge in [0.05, 0.1) is 0 Å². The minimum atomic E-state index is -0.272. The van der Waals surface area contributed by atoms with Crippen LogP contribution in [0.3, 0.4) is 0 Å². The summed E-state index contributed by atoms with van der Waals surface area (Å²) < 4.78 is 1.38. The van der Waals surface area contributed by atoms with Crippen LogP contribution in [0, 0.1) is 0 Å². The summed E-state index contributed by atoms with van der Waals surface area (Å²) >= 11 is 0.